The van der Waals surface area contributed by atoms with Gasteiger partial charge in [0.25, 0.3) is 0 Å². The van der Waals surface area contributed by atoms with Crippen molar-refractivity contribution in [1.29, 1.82) is 0 Å². The van der Waals surface area contributed by atoms with Crippen LogP contribution in [0.5, 0.6) is 0 Å². The Morgan fingerprint density at radius 1 is 1.08 bits per heavy atom. The number of rotatable bonds is 6. The second kappa shape index (κ2) is 8.33. The van der Waals surface area contributed by atoms with Gasteiger partial charge in [0.1, 0.15) is 0 Å². The van der Waals surface area contributed by atoms with E-state index >= 15 is 0 Å². The van der Waals surface area contributed by atoms with Crippen molar-refractivity contribution in [3.8, 4) is 5.69 Å². The number of amides is 1. The molecule has 0 atom stereocenters. The number of carbonyl (C=O) groups excluding carboxylic acids is 1. The van der Waals surface area contributed by atoms with Crippen LogP contribution in [0.4, 0.5) is 5.69 Å². The molecule has 0 fully saturated rings. The maximum atomic E-state index is 12.0. The van der Waals surface area contributed by atoms with Crippen LogP contribution in [-0.4, -0.2) is 31.9 Å². The molecule has 1 aromatic heterocycles. The molecule has 1 amide bonds. The number of benzene rings is 2. The summed E-state index contributed by atoms with van der Waals surface area (Å²) in [5.41, 5.74) is 1.29. The number of hydrogen-bond acceptors (Lipinski definition) is 5. The largest absolute Gasteiger partial charge is 0.325 e. The molecule has 0 aliphatic heterocycles. The summed E-state index contributed by atoms with van der Waals surface area (Å²) in [6.07, 6.45) is 0.297. The summed E-state index contributed by atoms with van der Waals surface area (Å²) in [6.45, 7) is 0. The van der Waals surface area contributed by atoms with E-state index in [9.17, 15) is 4.79 Å². The van der Waals surface area contributed by atoms with Gasteiger partial charge < -0.3 is 5.32 Å². The highest BCUT2D eigenvalue weighted by molar-refractivity contribution is 7.99. The van der Waals surface area contributed by atoms with Crippen molar-refractivity contribution in [2.75, 3.05) is 11.1 Å². The molecule has 0 aliphatic carbocycles. The summed E-state index contributed by atoms with van der Waals surface area (Å²) < 4.78 is 1.55. The summed E-state index contributed by atoms with van der Waals surface area (Å²) in [5.74, 6) is 0.388. The van der Waals surface area contributed by atoms with Crippen LogP contribution in [0, 0.1) is 0 Å². The second-order valence-corrected chi connectivity index (χ2v) is 6.83. The Hall–Kier alpha value is -2.09. The minimum atomic E-state index is -0.127. The Morgan fingerprint density at radius 2 is 1.80 bits per heavy atom. The zero-order valence-corrected chi connectivity index (χ0v) is 15.2. The highest BCUT2D eigenvalue weighted by atomic mass is 35.5. The fourth-order valence-electron chi connectivity index (χ4n) is 2.05. The van der Waals surface area contributed by atoms with Crippen molar-refractivity contribution in [2.45, 2.75) is 11.6 Å². The third-order valence-electron chi connectivity index (χ3n) is 3.23. The van der Waals surface area contributed by atoms with E-state index in [0.717, 1.165) is 0 Å². The Bertz CT molecular complexity index is 886. The van der Waals surface area contributed by atoms with Crippen LogP contribution in [0.1, 0.15) is 6.42 Å². The molecule has 2 aromatic carbocycles. The van der Waals surface area contributed by atoms with Gasteiger partial charge in [-0.25, -0.2) is 0 Å². The number of anilines is 1. The van der Waals surface area contributed by atoms with E-state index in [2.05, 4.69) is 20.8 Å². The monoisotopic (exact) mass is 393 g/mol. The zero-order valence-electron chi connectivity index (χ0n) is 12.9. The highest BCUT2D eigenvalue weighted by Crippen LogP contribution is 2.25. The van der Waals surface area contributed by atoms with E-state index in [1.807, 2.05) is 30.3 Å². The molecule has 25 heavy (non-hydrogen) atoms. The molecule has 3 aromatic rings. The Kier molecular flexibility index (Phi) is 5.91. The van der Waals surface area contributed by atoms with Crippen LogP contribution in [0.3, 0.4) is 0 Å². The van der Waals surface area contributed by atoms with Crippen LogP contribution in [0.15, 0.2) is 53.7 Å². The third-order valence-corrected chi connectivity index (χ3v) is 4.80. The van der Waals surface area contributed by atoms with Gasteiger partial charge in [0, 0.05) is 12.2 Å². The molecule has 128 valence electrons. The van der Waals surface area contributed by atoms with Gasteiger partial charge >= 0.3 is 0 Å². The molecule has 0 spiro atoms. The van der Waals surface area contributed by atoms with Crippen molar-refractivity contribution >= 4 is 46.6 Å². The van der Waals surface area contributed by atoms with Gasteiger partial charge in [0.15, 0.2) is 0 Å². The van der Waals surface area contributed by atoms with Crippen LogP contribution >= 0.6 is 35.0 Å². The molecule has 1 N–H and O–H groups in total. The summed E-state index contributed by atoms with van der Waals surface area (Å²) in [7, 11) is 0. The van der Waals surface area contributed by atoms with Gasteiger partial charge in [-0.1, -0.05) is 59.2 Å². The summed E-state index contributed by atoms with van der Waals surface area (Å²) >= 11 is 13.6. The second-order valence-electron chi connectivity index (χ2n) is 4.95. The van der Waals surface area contributed by atoms with Crippen molar-refractivity contribution in [3.05, 3.63) is 58.6 Å². The van der Waals surface area contributed by atoms with Crippen molar-refractivity contribution in [2.24, 2.45) is 0 Å². The fraction of sp³-hybridized carbons (Fsp3) is 0.125. The number of halogens is 2. The van der Waals surface area contributed by atoms with Gasteiger partial charge in [0.05, 0.1) is 21.4 Å². The first-order valence-electron chi connectivity index (χ1n) is 7.35. The Morgan fingerprint density at radius 3 is 2.56 bits per heavy atom. The maximum Gasteiger partial charge on any atom is 0.225 e. The number of carbonyl (C=O) groups is 1. The minimum absolute atomic E-state index is 0.127. The minimum Gasteiger partial charge on any atom is -0.325 e. The van der Waals surface area contributed by atoms with Gasteiger partial charge in [0.2, 0.25) is 11.1 Å². The molecular formula is C16H13Cl2N5OS. The zero-order chi connectivity index (χ0) is 17.6. The Balaban J connectivity index is 1.58. The van der Waals surface area contributed by atoms with Crippen molar-refractivity contribution in [1.82, 2.24) is 20.2 Å². The first-order chi connectivity index (χ1) is 12.1. The fourth-order valence-corrected chi connectivity index (χ4v) is 3.27. The van der Waals surface area contributed by atoms with E-state index in [0.29, 0.717) is 38.8 Å². The highest BCUT2D eigenvalue weighted by Gasteiger charge is 2.12. The van der Waals surface area contributed by atoms with E-state index in [4.69, 9.17) is 23.2 Å². The lowest BCUT2D eigenvalue weighted by molar-refractivity contribution is -0.115. The predicted octanol–water partition coefficient (Wildman–Crippen LogP) is 4.09. The molecule has 6 nitrogen and oxygen atoms in total. The van der Waals surface area contributed by atoms with Crippen LogP contribution in [-0.2, 0) is 4.79 Å². The number of nitrogens with zero attached hydrogens (tertiary/aromatic N) is 4. The number of hydrogen-bond donors (Lipinski definition) is 1. The smallest absolute Gasteiger partial charge is 0.225 e. The molecule has 0 bridgehead atoms. The SMILES string of the molecule is O=C(CCSc1nnnn1-c1ccccc1Cl)Nc1ccccc1Cl. The van der Waals surface area contributed by atoms with Crippen LogP contribution < -0.4 is 5.32 Å². The van der Waals surface area contributed by atoms with Gasteiger partial charge in [-0.15, -0.1) is 5.10 Å². The topological polar surface area (TPSA) is 72.7 Å². The molecule has 1 heterocycles. The average molecular weight is 394 g/mol. The standard InChI is InChI=1S/C16H13Cl2N5OS/c17-11-5-1-3-7-13(11)19-15(24)9-10-25-16-20-21-22-23(16)14-8-4-2-6-12(14)18/h1-8H,9-10H2,(H,19,24). The lowest BCUT2D eigenvalue weighted by Crippen LogP contribution is -2.12. The average Bonchev–Trinajstić information content (AvgIpc) is 3.06. The van der Waals surface area contributed by atoms with Gasteiger partial charge in [-0.2, -0.15) is 4.68 Å². The molecule has 3 rings (SSSR count). The van der Waals surface area contributed by atoms with E-state index in [1.54, 1.807) is 22.9 Å². The quantitative estimate of drug-likeness (QED) is 0.638. The Labute approximate surface area is 158 Å². The van der Waals surface area contributed by atoms with Gasteiger partial charge in [-0.05, 0) is 34.7 Å². The lowest BCUT2D eigenvalue weighted by Gasteiger charge is -2.07. The number of tetrazole rings is 1. The number of nitrogens with one attached hydrogen (secondary N) is 1. The number of thioether (sulfide) groups is 1. The number of para-hydroxylation sites is 2. The van der Waals surface area contributed by atoms with Crippen LogP contribution in [0.25, 0.3) is 5.69 Å². The molecule has 0 saturated heterocycles. The normalized spacial score (nSPS) is 10.6. The molecular weight excluding hydrogens is 381 g/mol. The lowest BCUT2D eigenvalue weighted by atomic mass is 10.3. The molecule has 0 unspecified atom stereocenters. The van der Waals surface area contributed by atoms with Crippen molar-refractivity contribution < 1.29 is 4.79 Å². The first-order valence-corrected chi connectivity index (χ1v) is 9.10. The van der Waals surface area contributed by atoms with E-state index in [-0.39, 0.29) is 5.91 Å². The third kappa shape index (κ3) is 4.50. The summed E-state index contributed by atoms with van der Waals surface area (Å²) in [5, 5.41) is 16.0. The van der Waals surface area contributed by atoms with E-state index < -0.39 is 0 Å². The molecule has 0 aliphatic rings. The van der Waals surface area contributed by atoms with E-state index in [1.165, 1.54) is 11.8 Å². The van der Waals surface area contributed by atoms with Crippen LogP contribution in [0.2, 0.25) is 10.0 Å². The molecule has 9 heteroatoms. The maximum absolute atomic E-state index is 12.0. The van der Waals surface area contributed by atoms with Crippen molar-refractivity contribution in [3.63, 3.8) is 0 Å². The summed E-state index contributed by atoms with van der Waals surface area (Å²) in [6, 6.07) is 14.4. The van der Waals surface area contributed by atoms with Gasteiger partial charge in [-0.3, -0.25) is 4.79 Å². The first kappa shape index (κ1) is 17.7. The predicted molar refractivity (Wildman–Crippen MR) is 99.6 cm³/mol. The molecule has 0 radical (unpaired) electrons. The molecule has 0 saturated carbocycles. The summed E-state index contributed by atoms with van der Waals surface area (Å²) in [4.78, 5) is 12.0. The number of aromatic nitrogens is 4.